The summed E-state index contributed by atoms with van der Waals surface area (Å²) in [6.45, 7) is 2.09. The maximum atomic E-state index is 11.7. The van der Waals surface area contributed by atoms with Gasteiger partial charge in [-0.3, -0.25) is 15.6 Å². The Morgan fingerprint density at radius 2 is 1.92 bits per heavy atom. The van der Waals surface area contributed by atoms with E-state index in [-0.39, 0.29) is 17.0 Å². The highest BCUT2D eigenvalue weighted by atomic mass is 32.1. The number of hydrogen-bond donors (Lipinski definition) is 3. The minimum absolute atomic E-state index is 0.181. The van der Waals surface area contributed by atoms with Gasteiger partial charge in [0.25, 0.3) is 0 Å². The Kier molecular flexibility index (Phi) is 6.71. The summed E-state index contributed by atoms with van der Waals surface area (Å²) in [4.78, 5) is 24.3. The van der Waals surface area contributed by atoms with Crippen molar-refractivity contribution in [1.82, 2.24) is 10.9 Å². The Bertz CT molecular complexity index is 700. The van der Waals surface area contributed by atoms with E-state index in [1.807, 2.05) is 17.5 Å². The van der Waals surface area contributed by atoms with Crippen LogP contribution in [0.2, 0.25) is 0 Å². The molecule has 0 unspecified atom stereocenters. The van der Waals surface area contributed by atoms with Gasteiger partial charge in [0.1, 0.15) is 0 Å². The number of carbonyl (C=O) groups excluding carboxylic acids is 2. The van der Waals surface area contributed by atoms with Crippen molar-refractivity contribution in [3.63, 3.8) is 0 Å². The molecule has 0 aliphatic heterocycles. The second-order valence-electron chi connectivity index (χ2n) is 4.68. The second-order valence-corrected chi connectivity index (χ2v) is 6.12. The molecule has 0 spiro atoms. The molecule has 126 valence electrons. The molecule has 0 atom stereocenters. The molecule has 0 fully saturated rings. The van der Waals surface area contributed by atoms with Gasteiger partial charge in [-0.05, 0) is 54.9 Å². The van der Waals surface area contributed by atoms with E-state index in [0.717, 1.165) is 4.88 Å². The molecule has 0 aliphatic rings. The van der Waals surface area contributed by atoms with E-state index in [1.165, 1.54) is 11.3 Å². The van der Waals surface area contributed by atoms with E-state index in [0.29, 0.717) is 24.3 Å². The normalized spacial score (nSPS) is 9.88. The average Bonchev–Trinajstić information content (AvgIpc) is 3.07. The first-order valence-corrected chi connectivity index (χ1v) is 8.52. The Balaban J connectivity index is 1.77. The zero-order chi connectivity index (χ0) is 17.4. The van der Waals surface area contributed by atoms with Gasteiger partial charge in [-0.15, -0.1) is 11.3 Å². The van der Waals surface area contributed by atoms with E-state index >= 15 is 0 Å². The smallest absolute Gasteiger partial charge is 0.338 e. The number of hydrogen-bond acceptors (Lipinski definition) is 5. The van der Waals surface area contributed by atoms with Gasteiger partial charge >= 0.3 is 5.97 Å². The molecule has 2 aromatic rings. The largest absolute Gasteiger partial charge is 0.462 e. The molecule has 6 nitrogen and oxygen atoms in total. The topological polar surface area (TPSA) is 79.5 Å². The highest BCUT2D eigenvalue weighted by Gasteiger charge is 2.07. The molecule has 0 aliphatic carbocycles. The number of thiophene rings is 1. The van der Waals surface area contributed by atoms with E-state index in [2.05, 4.69) is 16.2 Å². The van der Waals surface area contributed by atoms with Gasteiger partial charge in [0, 0.05) is 10.6 Å². The maximum absolute atomic E-state index is 11.7. The third kappa shape index (κ3) is 5.64. The summed E-state index contributed by atoms with van der Waals surface area (Å²) < 4.78 is 4.91. The molecule has 0 saturated carbocycles. The lowest BCUT2D eigenvalue weighted by atomic mass is 10.2. The van der Waals surface area contributed by atoms with Gasteiger partial charge in [0.2, 0.25) is 5.91 Å². The summed E-state index contributed by atoms with van der Waals surface area (Å²) in [5.74, 6) is -0.551. The van der Waals surface area contributed by atoms with Crippen LogP contribution in [0.15, 0.2) is 41.8 Å². The van der Waals surface area contributed by atoms with Crippen molar-refractivity contribution < 1.29 is 14.3 Å². The molecule has 1 amide bonds. The van der Waals surface area contributed by atoms with Crippen molar-refractivity contribution in [3.8, 4) is 0 Å². The zero-order valence-electron chi connectivity index (χ0n) is 13.0. The third-order valence-corrected chi connectivity index (χ3v) is 3.96. The summed E-state index contributed by atoms with van der Waals surface area (Å²) in [6.07, 6.45) is 0.293. The van der Waals surface area contributed by atoms with Gasteiger partial charge in [-0.25, -0.2) is 4.79 Å². The monoisotopic (exact) mass is 363 g/mol. The summed E-state index contributed by atoms with van der Waals surface area (Å²) in [6, 6.07) is 10.5. The quantitative estimate of drug-likeness (QED) is 0.430. The summed E-state index contributed by atoms with van der Waals surface area (Å²) in [5.41, 5.74) is 6.31. The third-order valence-electron chi connectivity index (χ3n) is 2.88. The van der Waals surface area contributed by atoms with Crippen molar-refractivity contribution in [2.75, 3.05) is 11.9 Å². The highest BCUT2D eigenvalue weighted by Crippen LogP contribution is 2.11. The van der Waals surface area contributed by atoms with Gasteiger partial charge in [0.05, 0.1) is 18.6 Å². The Labute approximate surface area is 149 Å². The molecule has 2 rings (SSSR count). The van der Waals surface area contributed by atoms with Crippen LogP contribution in [0.25, 0.3) is 0 Å². The van der Waals surface area contributed by atoms with Crippen molar-refractivity contribution in [1.29, 1.82) is 0 Å². The number of benzene rings is 1. The second kappa shape index (κ2) is 8.99. The van der Waals surface area contributed by atoms with E-state index in [4.69, 9.17) is 17.0 Å². The predicted octanol–water partition coefficient (Wildman–Crippen LogP) is 2.49. The number of esters is 1. The average molecular weight is 363 g/mol. The molecule has 1 heterocycles. The molecular weight excluding hydrogens is 346 g/mol. The highest BCUT2D eigenvalue weighted by molar-refractivity contribution is 7.80. The number of amides is 1. The standard InChI is InChI=1S/C16H17N3O3S2/c1-2-22-15(21)11-5-7-12(8-6-11)17-16(23)19-18-14(20)10-13-4-3-9-24-13/h3-9H,2,10H2,1H3,(H,18,20)(H2,17,19,23). The van der Waals surface area contributed by atoms with Gasteiger partial charge in [-0.2, -0.15) is 0 Å². The van der Waals surface area contributed by atoms with Gasteiger partial charge in [-0.1, -0.05) is 6.07 Å². The minimum atomic E-state index is -0.370. The fourth-order valence-electron chi connectivity index (χ4n) is 1.81. The zero-order valence-corrected chi connectivity index (χ0v) is 14.6. The first-order chi connectivity index (χ1) is 11.6. The maximum Gasteiger partial charge on any atom is 0.338 e. The van der Waals surface area contributed by atoms with E-state index in [9.17, 15) is 9.59 Å². The Hall–Kier alpha value is -2.45. The van der Waals surface area contributed by atoms with Crippen LogP contribution < -0.4 is 16.2 Å². The van der Waals surface area contributed by atoms with Crippen molar-refractivity contribution in [2.24, 2.45) is 0 Å². The number of nitrogens with one attached hydrogen (secondary N) is 3. The molecular formula is C16H17N3O3S2. The van der Waals surface area contributed by atoms with Crippen LogP contribution in [-0.4, -0.2) is 23.6 Å². The van der Waals surface area contributed by atoms with E-state index in [1.54, 1.807) is 31.2 Å². The lowest BCUT2D eigenvalue weighted by molar-refractivity contribution is -0.120. The SMILES string of the molecule is CCOC(=O)c1ccc(NC(=S)NNC(=O)Cc2cccs2)cc1. The summed E-state index contributed by atoms with van der Waals surface area (Å²) in [7, 11) is 0. The number of hydrazine groups is 1. The lowest BCUT2D eigenvalue weighted by Crippen LogP contribution is -2.44. The fraction of sp³-hybridized carbons (Fsp3) is 0.188. The van der Waals surface area contributed by atoms with Crippen LogP contribution in [0, 0.1) is 0 Å². The van der Waals surface area contributed by atoms with Gasteiger partial charge < -0.3 is 10.1 Å². The number of anilines is 1. The van der Waals surface area contributed by atoms with Crippen LogP contribution in [0.5, 0.6) is 0 Å². The molecule has 24 heavy (non-hydrogen) atoms. The molecule has 0 saturated heterocycles. The summed E-state index contributed by atoms with van der Waals surface area (Å²) >= 11 is 6.62. The molecule has 1 aromatic carbocycles. The number of rotatable bonds is 5. The van der Waals surface area contributed by atoms with Crippen LogP contribution in [0.4, 0.5) is 5.69 Å². The Morgan fingerprint density at radius 3 is 2.54 bits per heavy atom. The van der Waals surface area contributed by atoms with Crippen LogP contribution in [0.3, 0.4) is 0 Å². The minimum Gasteiger partial charge on any atom is -0.462 e. The first kappa shape index (κ1) is 17.9. The summed E-state index contributed by atoms with van der Waals surface area (Å²) in [5, 5.41) is 5.08. The van der Waals surface area contributed by atoms with Crippen molar-refractivity contribution >= 4 is 46.2 Å². The van der Waals surface area contributed by atoms with Crippen LogP contribution in [-0.2, 0) is 16.0 Å². The Morgan fingerprint density at radius 1 is 1.17 bits per heavy atom. The number of thiocarbonyl (C=S) groups is 1. The molecule has 8 heteroatoms. The molecule has 3 N–H and O–H groups in total. The molecule has 0 radical (unpaired) electrons. The fourth-order valence-corrected chi connectivity index (χ4v) is 2.68. The first-order valence-electron chi connectivity index (χ1n) is 7.24. The van der Waals surface area contributed by atoms with Gasteiger partial charge in [0.15, 0.2) is 5.11 Å². The van der Waals surface area contributed by atoms with Crippen molar-refractivity contribution in [3.05, 3.63) is 52.2 Å². The predicted molar refractivity (Wildman–Crippen MR) is 97.9 cm³/mol. The van der Waals surface area contributed by atoms with Crippen molar-refractivity contribution in [2.45, 2.75) is 13.3 Å². The number of ether oxygens (including phenoxy) is 1. The molecule has 1 aromatic heterocycles. The van der Waals surface area contributed by atoms with E-state index < -0.39 is 0 Å². The lowest BCUT2D eigenvalue weighted by Gasteiger charge is -2.11. The van der Waals surface area contributed by atoms with Crippen LogP contribution in [0.1, 0.15) is 22.2 Å². The molecule has 0 bridgehead atoms. The van der Waals surface area contributed by atoms with Crippen LogP contribution >= 0.6 is 23.6 Å². The number of carbonyl (C=O) groups is 2.